The van der Waals surface area contributed by atoms with E-state index in [-0.39, 0.29) is 22.7 Å². The van der Waals surface area contributed by atoms with Gasteiger partial charge in [-0.05, 0) is 30.9 Å². The average Bonchev–Trinajstić information content (AvgIpc) is 2.40. The van der Waals surface area contributed by atoms with Crippen LogP contribution >= 0.6 is 0 Å². The molecule has 0 aromatic heterocycles. The third kappa shape index (κ3) is 3.36. The Morgan fingerprint density at radius 1 is 1.52 bits per heavy atom. The van der Waals surface area contributed by atoms with Crippen LogP contribution in [0.3, 0.4) is 0 Å². The quantitative estimate of drug-likeness (QED) is 0.662. The highest BCUT2D eigenvalue weighted by Gasteiger charge is 2.37. The number of non-ortho nitro benzene ring substituents is 1. The molecule has 1 aliphatic rings. The molecule has 114 valence electrons. The fourth-order valence-electron chi connectivity index (χ4n) is 2.59. The number of anilines is 1. The molecule has 0 saturated carbocycles. The van der Waals surface area contributed by atoms with Crippen molar-refractivity contribution in [1.29, 1.82) is 0 Å². The molecule has 1 unspecified atom stereocenters. The molecule has 0 spiro atoms. The summed E-state index contributed by atoms with van der Waals surface area (Å²) in [5, 5.41) is 16.3. The van der Waals surface area contributed by atoms with Crippen molar-refractivity contribution < 1.29 is 14.1 Å². The van der Waals surface area contributed by atoms with E-state index >= 15 is 0 Å². The maximum absolute atomic E-state index is 13.7. The molecule has 1 aromatic carbocycles. The number of nitro groups is 1. The Bertz CT molecular complexity index is 575. The number of carbonyl (C=O) groups excluding carboxylic acids is 1. The highest BCUT2D eigenvalue weighted by Crippen LogP contribution is 2.31. The van der Waals surface area contributed by atoms with Crippen LogP contribution in [0.25, 0.3) is 0 Å². The van der Waals surface area contributed by atoms with Crippen molar-refractivity contribution in [2.45, 2.75) is 32.7 Å². The fraction of sp³-hybridized carbons (Fsp3) is 0.500. The molecule has 1 amide bonds. The Hall–Kier alpha value is -2.02. The monoisotopic (exact) mass is 295 g/mol. The van der Waals surface area contributed by atoms with E-state index in [9.17, 15) is 19.3 Å². The minimum atomic E-state index is -0.692. The van der Waals surface area contributed by atoms with E-state index in [1.807, 2.05) is 13.8 Å². The number of carbonyl (C=O) groups is 1. The molecular weight excluding hydrogens is 277 g/mol. The molecule has 0 aliphatic carbocycles. The third-order valence-corrected chi connectivity index (χ3v) is 3.81. The number of piperidine rings is 1. The Labute approximate surface area is 121 Å². The molecule has 1 heterocycles. The molecule has 1 saturated heterocycles. The maximum atomic E-state index is 13.7. The van der Waals surface area contributed by atoms with Gasteiger partial charge in [0.25, 0.3) is 5.69 Å². The largest absolute Gasteiger partial charge is 0.322 e. The van der Waals surface area contributed by atoms with Crippen LogP contribution in [-0.2, 0) is 4.79 Å². The predicted molar refractivity (Wildman–Crippen MR) is 76.5 cm³/mol. The van der Waals surface area contributed by atoms with Crippen LogP contribution < -0.4 is 10.6 Å². The van der Waals surface area contributed by atoms with Crippen molar-refractivity contribution in [2.24, 2.45) is 5.41 Å². The van der Waals surface area contributed by atoms with Crippen LogP contribution in [0.2, 0.25) is 0 Å². The summed E-state index contributed by atoms with van der Waals surface area (Å²) in [6, 6.07) is 2.62. The number of nitrogens with one attached hydrogen (secondary N) is 2. The van der Waals surface area contributed by atoms with Gasteiger partial charge in [-0.25, -0.2) is 4.39 Å². The number of hydrogen-bond donors (Lipinski definition) is 2. The van der Waals surface area contributed by atoms with Gasteiger partial charge in [0, 0.05) is 12.1 Å². The van der Waals surface area contributed by atoms with E-state index < -0.39 is 16.8 Å². The van der Waals surface area contributed by atoms with E-state index in [2.05, 4.69) is 10.6 Å². The van der Waals surface area contributed by atoms with Gasteiger partial charge in [0.1, 0.15) is 5.82 Å². The lowest BCUT2D eigenvalue weighted by Gasteiger charge is -2.38. The average molecular weight is 295 g/mol. The van der Waals surface area contributed by atoms with E-state index in [1.165, 1.54) is 0 Å². The molecule has 1 atom stereocenters. The van der Waals surface area contributed by atoms with Gasteiger partial charge in [0.15, 0.2) is 0 Å². The molecule has 1 fully saturated rings. The molecular formula is C14H18FN3O3. The van der Waals surface area contributed by atoms with Gasteiger partial charge < -0.3 is 10.6 Å². The first-order valence-electron chi connectivity index (χ1n) is 6.79. The number of nitro benzene ring substituents is 1. The summed E-state index contributed by atoms with van der Waals surface area (Å²) in [7, 11) is 0. The van der Waals surface area contributed by atoms with E-state index in [0.717, 1.165) is 37.6 Å². The minimum absolute atomic E-state index is 0.169. The zero-order chi connectivity index (χ0) is 15.6. The predicted octanol–water partition coefficient (Wildman–Crippen LogP) is 2.45. The summed E-state index contributed by atoms with van der Waals surface area (Å²) in [4.78, 5) is 22.4. The van der Waals surface area contributed by atoms with Crippen LogP contribution in [0.15, 0.2) is 18.2 Å². The topological polar surface area (TPSA) is 84.3 Å². The fourth-order valence-corrected chi connectivity index (χ4v) is 2.59. The number of amides is 1. The molecule has 7 heteroatoms. The first kappa shape index (κ1) is 15.4. The third-order valence-electron chi connectivity index (χ3n) is 3.81. The van der Waals surface area contributed by atoms with Crippen molar-refractivity contribution >= 4 is 17.3 Å². The summed E-state index contributed by atoms with van der Waals surface area (Å²) < 4.78 is 13.7. The normalized spacial score (nSPS) is 20.8. The van der Waals surface area contributed by atoms with Crippen LogP contribution in [0, 0.1) is 21.3 Å². The van der Waals surface area contributed by atoms with Crippen molar-refractivity contribution in [3.8, 4) is 0 Å². The number of nitrogens with zero attached hydrogens (tertiary/aromatic N) is 1. The summed E-state index contributed by atoms with van der Waals surface area (Å²) in [5.74, 6) is -1.07. The Kier molecular flexibility index (Phi) is 4.22. The van der Waals surface area contributed by atoms with Gasteiger partial charge in [0.2, 0.25) is 5.91 Å². The molecule has 6 nitrogen and oxygen atoms in total. The number of benzene rings is 1. The van der Waals surface area contributed by atoms with Crippen LogP contribution in [-0.4, -0.2) is 23.4 Å². The van der Waals surface area contributed by atoms with Gasteiger partial charge in [-0.3, -0.25) is 14.9 Å². The van der Waals surface area contributed by atoms with E-state index in [1.54, 1.807) is 0 Å². The Balaban J connectivity index is 2.19. The second-order valence-corrected chi connectivity index (χ2v) is 5.89. The second-order valence-electron chi connectivity index (χ2n) is 5.89. The lowest BCUT2D eigenvalue weighted by Crippen LogP contribution is -2.53. The SMILES string of the molecule is CC1(C)CCCNC1C(=O)Nc1cc([N+](=O)[O-])ccc1F. The number of rotatable bonds is 3. The van der Waals surface area contributed by atoms with Crippen molar-refractivity contribution in [1.82, 2.24) is 5.32 Å². The minimum Gasteiger partial charge on any atom is -0.322 e. The zero-order valence-corrected chi connectivity index (χ0v) is 12.0. The van der Waals surface area contributed by atoms with Crippen molar-refractivity contribution in [3.63, 3.8) is 0 Å². The van der Waals surface area contributed by atoms with Crippen LogP contribution in [0.4, 0.5) is 15.8 Å². The van der Waals surface area contributed by atoms with Crippen molar-refractivity contribution in [3.05, 3.63) is 34.1 Å². The van der Waals surface area contributed by atoms with Gasteiger partial charge in [0.05, 0.1) is 16.7 Å². The Morgan fingerprint density at radius 3 is 2.86 bits per heavy atom. The second kappa shape index (κ2) is 5.77. The van der Waals surface area contributed by atoms with Gasteiger partial charge >= 0.3 is 0 Å². The van der Waals surface area contributed by atoms with Crippen LogP contribution in [0.5, 0.6) is 0 Å². The van der Waals surface area contributed by atoms with Gasteiger partial charge in [-0.2, -0.15) is 0 Å². The van der Waals surface area contributed by atoms with E-state index in [4.69, 9.17) is 0 Å². The molecule has 0 bridgehead atoms. The maximum Gasteiger partial charge on any atom is 0.271 e. The molecule has 1 aliphatic heterocycles. The van der Waals surface area contributed by atoms with E-state index in [0.29, 0.717) is 0 Å². The molecule has 0 radical (unpaired) electrons. The Morgan fingerprint density at radius 2 is 2.24 bits per heavy atom. The summed E-state index contributed by atoms with van der Waals surface area (Å²) in [5.41, 5.74) is -0.681. The lowest BCUT2D eigenvalue weighted by molar-refractivity contribution is -0.384. The van der Waals surface area contributed by atoms with Crippen LogP contribution in [0.1, 0.15) is 26.7 Å². The van der Waals surface area contributed by atoms with Crippen molar-refractivity contribution in [2.75, 3.05) is 11.9 Å². The summed E-state index contributed by atoms with van der Waals surface area (Å²) in [6.07, 6.45) is 1.86. The molecule has 21 heavy (non-hydrogen) atoms. The first-order valence-corrected chi connectivity index (χ1v) is 6.79. The summed E-state index contributed by atoms with van der Waals surface area (Å²) in [6.45, 7) is 4.65. The van der Waals surface area contributed by atoms with Gasteiger partial charge in [-0.1, -0.05) is 13.8 Å². The standard InChI is InChI=1S/C14H18FN3O3/c1-14(2)6-3-7-16-12(14)13(19)17-11-8-9(18(20)21)4-5-10(11)15/h4-5,8,12,16H,3,6-7H2,1-2H3,(H,17,19). The van der Waals surface area contributed by atoms with Gasteiger partial charge in [-0.15, -0.1) is 0 Å². The molecule has 1 aromatic rings. The highest BCUT2D eigenvalue weighted by atomic mass is 19.1. The number of halogens is 1. The smallest absolute Gasteiger partial charge is 0.271 e. The molecule has 2 N–H and O–H groups in total. The highest BCUT2D eigenvalue weighted by molar-refractivity contribution is 5.95. The first-order chi connectivity index (χ1) is 9.81. The number of hydrogen-bond acceptors (Lipinski definition) is 4. The molecule has 2 rings (SSSR count). The lowest BCUT2D eigenvalue weighted by atomic mass is 9.77. The zero-order valence-electron chi connectivity index (χ0n) is 12.0. The summed E-state index contributed by atoms with van der Waals surface area (Å²) >= 11 is 0.